The topological polar surface area (TPSA) is 284 Å². The van der Waals surface area contributed by atoms with Crippen LogP contribution in [0.3, 0.4) is 0 Å². The molecule has 2 atom stereocenters. The van der Waals surface area contributed by atoms with Crippen molar-refractivity contribution in [2.24, 2.45) is 16.5 Å². The highest BCUT2D eigenvalue weighted by atomic mass is 16.4. The maximum atomic E-state index is 12.5. The lowest BCUT2D eigenvalue weighted by Gasteiger charge is -2.19. The van der Waals surface area contributed by atoms with E-state index in [4.69, 9.17) is 21.7 Å². The van der Waals surface area contributed by atoms with E-state index >= 15 is 0 Å². The Morgan fingerprint density at radius 2 is 1.38 bits per heavy atom. The van der Waals surface area contributed by atoms with Crippen molar-refractivity contribution in [3.05, 3.63) is 12.2 Å². The zero-order valence-corrected chi connectivity index (χ0v) is 20.2. The molecular formula is C20H32N8O9. The molecule has 0 saturated carbocycles. The number of nitrogens with zero attached hydrogens (tertiary/aromatic N) is 1. The van der Waals surface area contributed by atoms with Crippen LogP contribution in [0.2, 0.25) is 0 Å². The van der Waals surface area contributed by atoms with Gasteiger partial charge in [0.25, 0.3) is 0 Å². The maximum absolute atomic E-state index is 12.5. The van der Waals surface area contributed by atoms with E-state index in [1.54, 1.807) is 0 Å². The Labute approximate surface area is 211 Å². The zero-order valence-electron chi connectivity index (χ0n) is 20.2. The van der Waals surface area contributed by atoms with Crippen LogP contribution in [0, 0.1) is 0 Å². The summed E-state index contributed by atoms with van der Waals surface area (Å²) in [7, 11) is 0. The standard InChI is InChI=1S/C20H32N8O9/c1-10(2)17(34)25-7-13(29)24-8-14(30)27-11(4-3-5-23-20(21)22)18(35)26-9-15(31)28-12(19(36)37)6-16(32)33/h11-12H,1,3-9H2,2H3,(H,24,29)(H,25,34)(H,26,35)(H,27,30)(H,28,31)(H,32,33)(H,36,37)(H4,21,22,23)/t11-,12-/m0/s1. The molecule has 17 heteroatoms. The van der Waals surface area contributed by atoms with Crippen molar-refractivity contribution in [3.8, 4) is 0 Å². The number of carboxylic acid groups (broad SMARTS) is 2. The molecule has 0 heterocycles. The molecule has 0 saturated heterocycles. The van der Waals surface area contributed by atoms with Crippen LogP contribution in [0.15, 0.2) is 17.1 Å². The summed E-state index contributed by atoms with van der Waals surface area (Å²) in [5, 5.41) is 28.8. The fourth-order valence-corrected chi connectivity index (χ4v) is 2.48. The van der Waals surface area contributed by atoms with Crippen molar-refractivity contribution in [2.45, 2.75) is 38.3 Å². The molecule has 0 aliphatic heterocycles. The van der Waals surface area contributed by atoms with Gasteiger partial charge in [0.2, 0.25) is 29.5 Å². The number of aliphatic carboxylic acids is 2. The number of guanidine groups is 1. The maximum Gasteiger partial charge on any atom is 0.326 e. The molecule has 0 unspecified atom stereocenters. The Kier molecular flexibility index (Phi) is 14.7. The van der Waals surface area contributed by atoms with E-state index in [1.807, 2.05) is 5.32 Å². The number of hydrogen-bond donors (Lipinski definition) is 9. The molecule has 0 radical (unpaired) electrons. The van der Waals surface area contributed by atoms with Gasteiger partial charge >= 0.3 is 11.9 Å². The van der Waals surface area contributed by atoms with E-state index in [9.17, 15) is 33.6 Å². The van der Waals surface area contributed by atoms with Crippen LogP contribution in [0.1, 0.15) is 26.2 Å². The lowest BCUT2D eigenvalue weighted by Crippen LogP contribution is -2.52. The quantitative estimate of drug-likeness (QED) is 0.0375. The Balaban J connectivity index is 4.95. The number of aliphatic imine (C=N–C) groups is 1. The third-order valence-corrected chi connectivity index (χ3v) is 4.28. The first-order valence-electron chi connectivity index (χ1n) is 10.8. The van der Waals surface area contributed by atoms with E-state index in [2.05, 4.69) is 32.8 Å². The van der Waals surface area contributed by atoms with Gasteiger partial charge in [-0.1, -0.05) is 6.58 Å². The van der Waals surface area contributed by atoms with Crippen molar-refractivity contribution in [1.82, 2.24) is 26.6 Å². The SMILES string of the molecule is C=C(C)C(=O)NCC(=O)NCC(=O)N[C@@H](CCCN=C(N)N)C(=O)NCC(=O)N[C@@H](CC(=O)O)C(=O)O. The van der Waals surface area contributed by atoms with Crippen molar-refractivity contribution in [3.63, 3.8) is 0 Å². The smallest absolute Gasteiger partial charge is 0.326 e. The molecule has 0 fully saturated rings. The third-order valence-electron chi connectivity index (χ3n) is 4.28. The number of carbonyl (C=O) groups excluding carboxylic acids is 5. The molecule has 0 aliphatic rings. The minimum atomic E-state index is -1.71. The lowest BCUT2D eigenvalue weighted by molar-refractivity contribution is -0.147. The highest BCUT2D eigenvalue weighted by Gasteiger charge is 2.25. The largest absolute Gasteiger partial charge is 0.481 e. The molecule has 206 valence electrons. The number of amides is 5. The van der Waals surface area contributed by atoms with Crippen LogP contribution in [0.5, 0.6) is 0 Å². The van der Waals surface area contributed by atoms with Crippen molar-refractivity contribution in [2.75, 3.05) is 26.2 Å². The minimum absolute atomic E-state index is 0.0232. The number of rotatable bonds is 17. The second-order valence-electron chi connectivity index (χ2n) is 7.58. The molecule has 0 aromatic rings. The molecule has 17 nitrogen and oxygen atoms in total. The van der Waals surface area contributed by atoms with E-state index in [-0.39, 0.29) is 30.9 Å². The summed E-state index contributed by atoms with van der Waals surface area (Å²) >= 11 is 0. The van der Waals surface area contributed by atoms with Gasteiger partial charge in [-0.25, -0.2) is 4.79 Å². The number of carboxylic acids is 2. The van der Waals surface area contributed by atoms with Crippen molar-refractivity contribution < 1.29 is 43.8 Å². The molecule has 0 aromatic heterocycles. The summed E-state index contributed by atoms with van der Waals surface area (Å²) in [4.78, 5) is 85.4. The van der Waals surface area contributed by atoms with Gasteiger partial charge in [-0.2, -0.15) is 0 Å². The average molecular weight is 529 g/mol. The van der Waals surface area contributed by atoms with Crippen LogP contribution in [-0.2, 0) is 33.6 Å². The van der Waals surface area contributed by atoms with E-state index in [1.165, 1.54) is 6.92 Å². The van der Waals surface area contributed by atoms with Gasteiger partial charge in [0, 0.05) is 12.1 Å². The van der Waals surface area contributed by atoms with Crippen LogP contribution in [0.25, 0.3) is 0 Å². The van der Waals surface area contributed by atoms with Gasteiger partial charge < -0.3 is 48.3 Å². The number of nitrogens with one attached hydrogen (secondary N) is 5. The highest BCUT2D eigenvalue weighted by molar-refractivity contribution is 5.96. The normalized spacial score (nSPS) is 11.6. The monoisotopic (exact) mass is 528 g/mol. The summed E-state index contributed by atoms with van der Waals surface area (Å²) in [5.41, 5.74) is 10.7. The van der Waals surface area contributed by atoms with Crippen LogP contribution in [0.4, 0.5) is 0 Å². The van der Waals surface area contributed by atoms with Crippen LogP contribution in [-0.4, -0.2) is 95.9 Å². The molecule has 11 N–H and O–H groups in total. The Hall–Kier alpha value is -4.70. The van der Waals surface area contributed by atoms with Gasteiger partial charge in [0.1, 0.15) is 12.1 Å². The van der Waals surface area contributed by atoms with Gasteiger partial charge in [-0.3, -0.25) is 33.8 Å². The average Bonchev–Trinajstić information content (AvgIpc) is 2.80. The molecule has 0 aliphatic carbocycles. The van der Waals surface area contributed by atoms with E-state index in [0.29, 0.717) is 0 Å². The van der Waals surface area contributed by atoms with Crippen molar-refractivity contribution >= 4 is 47.4 Å². The fraction of sp³-hybridized carbons (Fsp3) is 0.500. The lowest BCUT2D eigenvalue weighted by atomic mass is 10.1. The second-order valence-corrected chi connectivity index (χ2v) is 7.58. The first kappa shape index (κ1) is 32.3. The summed E-state index contributed by atoms with van der Waals surface area (Å²) < 4.78 is 0. The molecule has 0 spiro atoms. The first-order valence-corrected chi connectivity index (χ1v) is 10.8. The molecule has 0 aromatic carbocycles. The number of carbonyl (C=O) groups is 7. The fourth-order valence-electron chi connectivity index (χ4n) is 2.48. The first-order chi connectivity index (χ1) is 17.2. The number of nitrogens with two attached hydrogens (primary N) is 2. The molecule has 0 bridgehead atoms. The highest BCUT2D eigenvalue weighted by Crippen LogP contribution is 1.99. The van der Waals surface area contributed by atoms with E-state index in [0.717, 1.165) is 0 Å². The van der Waals surface area contributed by atoms with Gasteiger partial charge in [0.05, 0.1) is 26.1 Å². The van der Waals surface area contributed by atoms with Crippen molar-refractivity contribution in [1.29, 1.82) is 0 Å². The summed E-state index contributed by atoms with van der Waals surface area (Å²) in [5.74, 6) is -6.99. The summed E-state index contributed by atoms with van der Waals surface area (Å²) in [6, 6.07) is -2.90. The van der Waals surface area contributed by atoms with Gasteiger partial charge in [0.15, 0.2) is 5.96 Å². The van der Waals surface area contributed by atoms with Crippen LogP contribution >= 0.6 is 0 Å². The van der Waals surface area contributed by atoms with Crippen LogP contribution < -0.4 is 38.1 Å². The predicted octanol–water partition coefficient (Wildman–Crippen LogP) is -4.51. The Morgan fingerprint density at radius 3 is 1.89 bits per heavy atom. The molecular weight excluding hydrogens is 496 g/mol. The molecule has 5 amide bonds. The predicted molar refractivity (Wildman–Crippen MR) is 128 cm³/mol. The minimum Gasteiger partial charge on any atom is -0.481 e. The molecule has 37 heavy (non-hydrogen) atoms. The van der Waals surface area contributed by atoms with E-state index < -0.39 is 79.6 Å². The Morgan fingerprint density at radius 1 is 0.838 bits per heavy atom. The zero-order chi connectivity index (χ0) is 28.5. The Bertz CT molecular complexity index is 931. The third kappa shape index (κ3) is 15.8. The number of hydrogen-bond acceptors (Lipinski definition) is 8. The summed E-state index contributed by atoms with van der Waals surface area (Å²) in [6.07, 6.45) is -0.613. The summed E-state index contributed by atoms with van der Waals surface area (Å²) in [6.45, 7) is 3.34. The van der Waals surface area contributed by atoms with Gasteiger partial charge in [-0.15, -0.1) is 0 Å². The van der Waals surface area contributed by atoms with Gasteiger partial charge in [-0.05, 0) is 19.8 Å². The molecule has 0 rings (SSSR count). The second kappa shape index (κ2) is 16.8.